The van der Waals surface area contributed by atoms with Crippen LogP contribution in [0.15, 0.2) is 4.52 Å². The highest BCUT2D eigenvalue weighted by Gasteiger charge is 2.24. The molecule has 0 aromatic carbocycles. The van der Waals surface area contributed by atoms with Crippen molar-refractivity contribution in [3.8, 4) is 0 Å². The summed E-state index contributed by atoms with van der Waals surface area (Å²) in [6.45, 7) is 3.96. The fourth-order valence-electron chi connectivity index (χ4n) is 1.94. The molecule has 16 heavy (non-hydrogen) atoms. The number of aryl methyl sites for hydroxylation is 1. The van der Waals surface area contributed by atoms with Gasteiger partial charge in [0.2, 0.25) is 5.89 Å². The van der Waals surface area contributed by atoms with Gasteiger partial charge in [-0.1, -0.05) is 5.16 Å². The minimum atomic E-state index is -0.685. The molecule has 0 amide bonds. The summed E-state index contributed by atoms with van der Waals surface area (Å²) in [5.41, 5.74) is 0. The second-order valence-electron chi connectivity index (χ2n) is 4.12. The lowest BCUT2D eigenvalue weighted by Crippen LogP contribution is -2.36. The van der Waals surface area contributed by atoms with E-state index in [4.69, 9.17) is 9.63 Å². The van der Waals surface area contributed by atoms with Crippen molar-refractivity contribution in [1.82, 2.24) is 15.0 Å². The summed E-state index contributed by atoms with van der Waals surface area (Å²) in [5, 5.41) is 12.7. The number of carboxylic acid groups (broad SMARTS) is 1. The molecule has 1 fully saturated rings. The Morgan fingerprint density at radius 2 is 2.25 bits per heavy atom. The van der Waals surface area contributed by atoms with Crippen LogP contribution >= 0.6 is 0 Å². The molecule has 2 heterocycles. The van der Waals surface area contributed by atoms with Crippen LogP contribution in [0.5, 0.6) is 0 Å². The van der Waals surface area contributed by atoms with Crippen LogP contribution in [0, 0.1) is 12.8 Å². The molecule has 0 radical (unpaired) electrons. The topological polar surface area (TPSA) is 79.5 Å². The molecule has 0 spiro atoms. The first-order valence-corrected chi connectivity index (χ1v) is 5.39. The van der Waals surface area contributed by atoms with Crippen molar-refractivity contribution in [2.45, 2.75) is 26.3 Å². The highest BCUT2D eigenvalue weighted by Crippen LogP contribution is 2.18. The van der Waals surface area contributed by atoms with E-state index in [0.29, 0.717) is 31.1 Å². The molecule has 6 nitrogen and oxygen atoms in total. The van der Waals surface area contributed by atoms with E-state index in [-0.39, 0.29) is 5.92 Å². The van der Waals surface area contributed by atoms with Crippen LogP contribution in [0.2, 0.25) is 0 Å². The van der Waals surface area contributed by atoms with E-state index in [1.807, 2.05) is 0 Å². The van der Waals surface area contributed by atoms with Gasteiger partial charge in [0.05, 0.1) is 12.5 Å². The zero-order chi connectivity index (χ0) is 11.5. The van der Waals surface area contributed by atoms with Crippen molar-refractivity contribution in [3.05, 3.63) is 11.7 Å². The molecule has 1 aliphatic heterocycles. The van der Waals surface area contributed by atoms with Gasteiger partial charge in [-0.25, -0.2) is 0 Å². The van der Waals surface area contributed by atoms with E-state index < -0.39 is 5.97 Å². The third kappa shape index (κ3) is 2.57. The fraction of sp³-hybridized carbons (Fsp3) is 0.700. The van der Waals surface area contributed by atoms with Crippen LogP contribution in [0.3, 0.4) is 0 Å². The molecule has 0 bridgehead atoms. The molecule has 1 aliphatic rings. The molecule has 6 heteroatoms. The number of aromatic nitrogens is 2. The van der Waals surface area contributed by atoms with Crippen LogP contribution in [0.25, 0.3) is 0 Å². The van der Waals surface area contributed by atoms with Crippen molar-refractivity contribution in [3.63, 3.8) is 0 Å². The summed E-state index contributed by atoms with van der Waals surface area (Å²) in [5.74, 6) is 0.361. The molecule has 1 N–H and O–H groups in total. The normalized spacial score (nSPS) is 18.8. The molecule has 88 valence electrons. The standard InChI is InChI=1S/C10H15N3O3/c1-7-11-9(12-16-7)6-13-4-2-8(3-5-13)10(14)15/h8H,2-6H2,1H3,(H,14,15). The molecule has 0 saturated carbocycles. The number of carboxylic acids is 1. The summed E-state index contributed by atoms with van der Waals surface area (Å²) in [7, 11) is 0. The minimum absolute atomic E-state index is 0.191. The Hall–Kier alpha value is -1.43. The second-order valence-corrected chi connectivity index (χ2v) is 4.12. The Balaban J connectivity index is 1.83. The molecule has 1 aromatic rings. The van der Waals surface area contributed by atoms with Gasteiger partial charge in [-0.3, -0.25) is 9.69 Å². The van der Waals surface area contributed by atoms with Gasteiger partial charge >= 0.3 is 5.97 Å². The van der Waals surface area contributed by atoms with Crippen LogP contribution in [-0.4, -0.2) is 39.2 Å². The van der Waals surface area contributed by atoms with Crippen LogP contribution in [0.4, 0.5) is 0 Å². The van der Waals surface area contributed by atoms with E-state index in [2.05, 4.69) is 15.0 Å². The number of piperidine rings is 1. The number of carbonyl (C=O) groups is 1. The Morgan fingerprint density at radius 3 is 2.75 bits per heavy atom. The van der Waals surface area contributed by atoms with Gasteiger partial charge in [-0.05, 0) is 25.9 Å². The van der Waals surface area contributed by atoms with Crippen molar-refractivity contribution in [2.75, 3.05) is 13.1 Å². The van der Waals surface area contributed by atoms with Crippen LogP contribution in [0.1, 0.15) is 24.6 Å². The largest absolute Gasteiger partial charge is 0.481 e. The molecule has 0 unspecified atom stereocenters. The fourth-order valence-corrected chi connectivity index (χ4v) is 1.94. The maximum atomic E-state index is 10.8. The Morgan fingerprint density at radius 1 is 1.56 bits per heavy atom. The maximum Gasteiger partial charge on any atom is 0.306 e. The van der Waals surface area contributed by atoms with Gasteiger partial charge in [-0.15, -0.1) is 0 Å². The first-order valence-electron chi connectivity index (χ1n) is 5.39. The number of aliphatic carboxylic acids is 1. The van der Waals surface area contributed by atoms with Crippen molar-refractivity contribution in [1.29, 1.82) is 0 Å². The molecule has 0 aliphatic carbocycles. The van der Waals surface area contributed by atoms with E-state index in [0.717, 1.165) is 13.1 Å². The summed E-state index contributed by atoms with van der Waals surface area (Å²) >= 11 is 0. The van der Waals surface area contributed by atoms with Gasteiger partial charge < -0.3 is 9.63 Å². The zero-order valence-corrected chi connectivity index (χ0v) is 9.22. The number of hydrogen-bond acceptors (Lipinski definition) is 5. The molecule has 1 aromatic heterocycles. The average Bonchev–Trinajstić information content (AvgIpc) is 2.65. The summed E-state index contributed by atoms with van der Waals surface area (Å²) in [4.78, 5) is 17.0. The number of rotatable bonds is 3. The molecular formula is C10H15N3O3. The highest BCUT2D eigenvalue weighted by atomic mass is 16.5. The van der Waals surface area contributed by atoms with Gasteiger partial charge in [-0.2, -0.15) is 4.98 Å². The lowest BCUT2D eigenvalue weighted by molar-refractivity contribution is -0.143. The average molecular weight is 225 g/mol. The van der Waals surface area contributed by atoms with Crippen molar-refractivity contribution >= 4 is 5.97 Å². The maximum absolute atomic E-state index is 10.8. The Kier molecular flexibility index (Phi) is 3.19. The van der Waals surface area contributed by atoms with Gasteiger partial charge in [0.25, 0.3) is 0 Å². The third-order valence-corrected chi connectivity index (χ3v) is 2.87. The zero-order valence-electron chi connectivity index (χ0n) is 9.22. The minimum Gasteiger partial charge on any atom is -0.481 e. The first kappa shape index (κ1) is 11.1. The highest BCUT2D eigenvalue weighted by molar-refractivity contribution is 5.70. The number of nitrogens with zero attached hydrogens (tertiary/aromatic N) is 3. The molecule has 0 atom stereocenters. The van der Waals surface area contributed by atoms with E-state index in [9.17, 15) is 4.79 Å². The lowest BCUT2D eigenvalue weighted by atomic mass is 9.97. The first-order chi connectivity index (χ1) is 7.65. The second kappa shape index (κ2) is 4.61. The monoisotopic (exact) mass is 225 g/mol. The van der Waals surface area contributed by atoms with Gasteiger partial charge in [0.15, 0.2) is 5.82 Å². The predicted octanol–water partition coefficient (Wildman–Crippen LogP) is 0.675. The predicted molar refractivity (Wildman–Crippen MR) is 54.7 cm³/mol. The quantitative estimate of drug-likeness (QED) is 0.814. The molecular weight excluding hydrogens is 210 g/mol. The summed E-state index contributed by atoms with van der Waals surface area (Å²) < 4.78 is 4.88. The van der Waals surface area contributed by atoms with Crippen molar-refractivity contribution < 1.29 is 14.4 Å². The number of hydrogen-bond donors (Lipinski definition) is 1. The summed E-state index contributed by atoms with van der Waals surface area (Å²) in [6, 6.07) is 0. The summed E-state index contributed by atoms with van der Waals surface area (Å²) in [6.07, 6.45) is 1.40. The molecule has 1 saturated heterocycles. The van der Waals surface area contributed by atoms with Crippen molar-refractivity contribution in [2.24, 2.45) is 5.92 Å². The molecule has 2 rings (SSSR count). The Labute approximate surface area is 93.2 Å². The lowest BCUT2D eigenvalue weighted by Gasteiger charge is -2.28. The SMILES string of the molecule is Cc1nc(CN2CCC(C(=O)O)CC2)no1. The number of likely N-dealkylation sites (tertiary alicyclic amines) is 1. The van der Waals surface area contributed by atoms with E-state index in [1.54, 1.807) is 6.92 Å². The smallest absolute Gasteiger partial charge is 0.306 e. The van der Waals surface area contributed by atoms with E-state index in [1.165, 1.54) is 0 Å². The van der Waals surface area contributed by atoms with Gasteiger partial charge in [0.1, 0.15) is 0 Å². The van der Waals surface area contributed by atoms with Crippen LogP contribution in [-0.2, 0) is 11.3 Å². The Bertz CT molecular complexity index is 369. The van der Waals surface area contributed by atoms with Gasteiger partial charge in [0, 0.05) is 6.92 Å². The third-order valence-electron chi connectivity index (χ3n) is 2.87. The van der Waals surface area contributed by atoms with E-state index >= 15 is 0 Å². The van der Waals surface area contributed by atoms with Crippen LogP contribution < -0.4 is 0 Å².